The van der Waals surface area contributed by atoms with E-state index in [0.29, 0.717) is 24.2 Å². The Kier molecular flexibility index (Phi) is 5.30. The first-order valence-corrected chi connectivity index (χ1v) is 8.63. The van der Waals surface area contributed by atoms with Crippen molar-refractivity contribution in [3.8, 4) is 0 Å². The second kappa shape index (κ2) is 6.97. The Morgan fingerprint density at radius 3 is 2.38 bits per heavy atom. The first-order valence-electron chi connectivity index (χ1n) is 8.63. The van der Waals surface area contributed by atoms with Crippen molar-refractivity contribution in [2.45, 2.75) is 60.1 Å². The molecule has 0 radical (unpaired) electrons. The van der Waals surface area contributed by atoms with Gasteiger partial charge in [0.25, 0.3) is 5.56 Å². The maximum absolute atomic E-state index is 12.9. The lowest BCUT2D eigenvalue weighted by molar-refractivity contribution is 0.0636. The lowest BCUT2D eigenvalue weighted by Crippen LogP contribution is -2.36. The summed E-state index contributed by atoms with van der Waals surface area (Å²) in [6.07, 6.45) is 0.0141. The zero-order valence-electron chi connectivity index (χ0n) is 16.2. The van der Waals surface area contributed by atoms with Crippen LogP contribution in [0.1, 0.15) is 48.0 Å². The van der Waals surface area contributed by atoms with Gasteiger partial charge in [0.1, 0.15) is 5.60 Å². The van der Waals surface area contributed by atoms with E-state index in [0.717, 1.165) is 0 Å². The summed E-state index contributed by atoms with van der Waals surface area (Å²) in [4.78, 5) is 40.0. The number of anilines is 1. The van der Waals surface area contributed by atoms with Crippen LogP contribution in [-0.4, -0.2) is 21.2 Å². The van der Waals surface area contributed by atoms with Crippen molar-refractivity contribution in [1.82, 2.24) is 9.55 Å². The number of aromatic amines is 1. The van der Waals surface area contributed by atoms with Gasteiger partial charge in [0.15, 0.2) is 0 Å². The lowest BCUT2D eigenvalue weighted by atomic mass is 9.92. The van der Waals surface area contributed by atoms with Gasteiger partial charge in [0.05, 0.1) is 16.6 Å². The molecule has 0 saturated heterocycles. The van der Waals surface area contributed by atoms with Gasteiger partial charge in [-0.25, -0.2) is 9.59 Å². The molecule has 0 saturated carbocycles. The molecule has 0 unspecified atom stereocenters. The van der Waals surface area contributed by atoms with Gasteiger partial charge in [-0.1, -0.05) is 26.8 Å². The molecule has 142 valence electrons. The Morgan fingerprint density at radius 2 is 1.81 bits per heavy atom. The summed E-state index contributed by atoms with van der Waals surface area (Å²) >= 11 is 0. The smallest absolute Gasteiger partial charge is 0.412 e. The maximum Gasteiger partial charge on any atom is 0.412 e. The topological polar surface area (TPSA) is 93.2 Å². The van der Waals surface area contributed by atoms with Crippen molar-refractivity contribution < 1.29 is 9.53 Å². The standard InChI is InChI=1S/C19H27N3O4/c1-18(2,3)10-11-22-15(23)14-12(20-16(22)24)8-7-9-13(14)21-17(25)26-19(4,5)6/h7-9H,10-11H2,1-6H3,(H,20,24)(H,21,25). The van der Waals surface area contributed by atoms with Gasteiger partial charge < -0.3 is 9.72 Å². The highest BCUT2D eigenvalue weighted by atomic mass is 16.6. The molecule has 7 heteroatoms. The highest BCUT2D eigenvalue weighted by Crippen LogP contribution is 2.21. The van der Waals surface area contributed by atoms with Gasteiger partial charge >= 0.3 is 11.8 Å². The van der Waals surface area contributed by atoms with Gasteiger partial charge in [-0.2, -0.15) is 0 Å². The minimum atomic E-state index is -0.657. The Labute approximate surface area is 152 Å². The molecule has 1 amide bonds. The molecule has 1 aromatic carbocycles. The molecule has 0 bridgehead atoms. The Bertz CT molecular complexity index is 927. The first-order chi connectivity index (χ1) is 11.9. The molecule has 0 aliphatic heterocycles. The number of H-pyrrole nitrogens is 1. The first kappa shape index (κ1) is 19.8. The highest BCUT2D eigenvalue weighted by molar-refractivity contribution is 5.98. The van der Waals surface area contributed by atoms with Gasteiger partial charge in [0.2, 0.25) is 0 Å². The van der Waals surface area contributed by atoms with Crippen molar-refractivity contribution in [3.63, 3.8) is 0 Å². The van der Waals surface area contributed by atoms with Crippen LogP contribution in [0.25, 0.3) is 10.9 Å². The molecule has 0 spiro atoms. The number of rotatable bonds is 3. The summed E-state index contributed by atoms with van der Waals surface area (Å²) in [5.41, 5.74) is -0.880. The number of nitrogens with one attached hydrogen (secondary N) is 2. The van der Waals surface area contributed by atoms with E-state index in [1.807, 2.05) is 20.8 Å². The average molecular weight is 361 g/mol. The summed E-state index contributed by atoms with van der Waals surface area (Å²) in [7, 11) is 0. The Morgan fingerprint density at radius 1 is 1.15 bits per heavy atom. The van der Waals surface area contributed by atoms with Crippen LogP contribution in [0, 0.1) is 5.41 Å². The molecule has 1 heterocycles. The van der Waals surface area contributed by atoms with E-state index >= 15 is 0 Å². The Balaban J connectivity index is 2.48. The molecule has 2 aromatic rings. The normalized spacial score (nSPS) is 12.2. The van der Waals surface area contributed by atoms with E-state index in [9.17, 15) is 14.4 Å². The number of carbonyl (C=O) groups is 1. The van der Waals surface area contributed by atoms with Crippen LogP contribution >= 0.6 is 0 Å². The molecular formula is C19H27N3O4. The number of fused-ring (bicyclic) bond motifs is 1. The molecule has 2 rings (SSSR count). The second-order valence-electron chi connectivity index (χ2n) is 8.55. The molecule has 1 aromatic heterocycles. The third kappa shape index (κ3) is 4.97. The fourth-order valence-corrected chi connectivity index (χ4v) is 2.46. The molecular weight excluding hydrogens is 334 g/mol. The monoisotopic (exact) mass is 361 g/mol. The molecule has 0 aliphatic rings. The third-order valence-electron chi connectivity index (χ3n) is 3.73. The number of hydrogen-bond donors (Lipinski definition) is 2. The van der Waals surface area contributed by atoms with Gasteiger partial charge in [-0.15, -0.1) is 0 Å². The minimum absolute atomic E-state index is 0.0187. The van der Waals surface area contributed by atoms with Gasteiger partial charge in [-0.3, -0.25) is 14.7 Å². The van der Waals surface area contributed by atoms with Crippen LogP contribution < -0.4 is 16.6 Å². The lowest BCUT2D eigenvalue weighted by Gasteiger charge is -2.20. The van der Waals surface area contributed by atoms with Crippen LogP contribution in [0.2, 0.25) is 0 Å². The van der Waals surface area contributed by atoms with Gasteiger partial charge in [0, 0.05) is 6.54 Å². The number of hydrogen-bond acceptors (Lipinski definition) is 4. The van der Waals surface area contributed by atoms with Crippen molar-refractivity contribution >= 4 is 22.7 Å². The molecule has 7 nitrogen and oxygen atoms in total. The SMILES string of the molecule is CC(C)(C)CCn1c(=O)[nH]c2cccc(NC(=O)OC(C)(C)C)c2c1=O. The zero-order valence-corrected chi connectivity index (χ0v) is 16.2. The summed E-state index contributed by atoms with van der Waals surface area (Å²) < 4.78 is 6.42. The summed E-state index contributed by atoms with van der Waals surface area (Å²) in [5, 5.41) is 2.86. The number of ether oxygens (including phenoxy) is 1. The van der Waals surface area contributed by atoms with Crippen molar-refractivity contribution in [1.29, 1.82) is 0 Å². The van der Waals surface area contributed by atoms with Crippen LogP contribution in [0.3, 0.4) is 0 Å². The predicted molar refractivity (Wildman–Crippen MR) is 103 cm³/mol. The van der Waals surface area contributed by atoms with Crippen molar-refractivity contribution in [2.24, 2.45) is 5.41 Å². The average Bonchev–Trinajstić information content (AvgIpc) is 2.43. The predicted octanol–water partition coefficient (Wildman–Crippen LogP) is 3.47. The molecule has 0 aliphatic carbocycles. The van der Waals surface area contributed by atoms with E-state index in [1.54, 1.807) is 39.0 Å². The van der Waals surface area contributed by atoms with E-state index in [-0.39, 0.29) is 10.8 Å². The van der Waals surface area contributed by atoms with Crippen LogP contribution in [0.5, 0.6) is 0 Å². The fraction of sp³-hybridized carbons (Fsp3) is 0.526. The molecule has 0 fully saturated rings. The van der Waals surface area contributed by atoms with Crippen LogP contribution in [0.4, 0.5) is 10.5 Å². The summed E-state index contributed by atoms with van der Waals surface area (Å²) in [5.74, 6) is 0. The van der Waals surface area contributed by atoms with Crippen LogP contribution in [-0.2, 0) is 11.3 Å². The number of benzene rings is 1. The third-order valence-corrected chi connectivity index (χ3v) is 3.73. The van der Waals surface area contributed by atoms with Gasteiger partial charge in [-0.05, 0) is 44.7 Å². The quantitative estimate of drug-likeness (QED) is 0.875. The van der Waals surface area contributed by atoms with Crippen molar-refractivity contribution in [3.05, 3.63) is 39.0 Å². The minimum Gasteiger partial charge on any atom is -0.444 e. The number of amides is 1. The zero-order chi connectivity index (χ0) is 19.7. The fourth-order valence-electron chi connectivity index (χ4n) is 2.46. The number of nitrogens with zero attached hydrogens (tertiary/aromatic N) is 1. The molecule has 26 heavy (non-hydrogen) atoms. The van der Waals surface area contributed by atoms with Crippen molar-refractivity contribution in [2.75, 3.05) is 5.32 Å². The van der Waals surface area contributed by atoms with E-state index in [2.05, 4.69) is 10.3 Å². The van der Waals surface area contributed by atoms with Crippen LogP contribution in [0.15, 0.2) is 27.8 Å². The largest absolute Gasteiger partial charge is 0.444 e. The molecule has 2 N–H and O–H groups in total. The van der Waals surface area contributed by atoms with E-state index in [4.69, 9.17) is 4.74 Å². The van der Waals surface area contributed by atoms with E-state index < -0.39 is 22.9 Å². The summed E-state index contributed by atoms with van der Waals surface area (Å²) in [6, 6.07) is 4.90. The van der Waals surface area contributed by atoms with E-state index in [1.165, 1.54) is 4.57 Å². The maximum atomic E-state index is 12.9. The Hall–Kier alpha value is -2.57. The number of aromatic nitrogens is 2. The second-order valence-corrected chi connectivity index (χ2v) is 8.55. The molecule has 0 atom stereocenters. The highest BCUT2D eigenvalue weighted by Gasteiger charge is 2.19. The summed E-state index contributed by atoms with van der Waals surface area (Å²) in [6.45, 7) is 11.7. The number of carbonyl (C=O) groups excluding carboxylic acids is 1.